The number of para-hydroxylation sites is 2. The minimum absolute atomic E-state index is 0.124. The van der Waals surface area contributed by atoms with E-state index in [4.69, 9.17) is 14.2 Å². The second-order valence-electron chi connectivity index (χ2n) is 10.2. The van der Waals surface area contributed by atoms with Crippen LogP contribution in [-0.2, 0) is 14.3 Å². The van der Waals surface area contributed by atoms with Crippen LogP contribution in [0.25, 0.3) is 0 Å². The van der Waals surface area contributed by atoms with Gasteiger partial charge in [0.2, 0.25) is 0 Å². The summed E-state index contributed by atoms with van der Waals surface area (Å²) in [5.41, 5.74) is 2.59. The molecule has 2 aliphatic rings. The maximum atomic E-state index is 14.1. The summed E-state index contributed by atoms with van der Waals surface area (Å²) < 4.78 is 17.5. The molecule has 0 amide bonds. The number of hydrogen-bond acceptors (Lipinski definition) is 5. The predicted octanol–water partition coefficient (Wildman–Crippen LogP) is 6.17. The highest BCUT2D eigenvalue weighted by Crippen LogP contribution is 2.61. The molecule has 3 aromatic rings. The highest BCUT2D eigenvalue weighted by molar-refractivity contribution is 5.85. The molecule has 0 saturated heterocycles. The predicted molar refractivity (Wildman–Crippen MR) is 144 cm³/mol. The number of ether oxygens (including phenoxy) is 3. The average molecular weight is 515 g/mol. The summed E-state index contributed by atoms with van der Waals surface area (Å²) in [5, 5.41) is 10.4. The molecular formula is C32H34O6. The second-order valence-corrected chi connectivity index (χ2v) is 10.2. The zero-order valence-corrected chi connectivity index (χ0v) is 21.8. The van der Waals surface area contributed by atoms with Crippen LogP contribution in [-0.4, -0.2) is 37.4 Å². The first-order chi connectivity index (χ1) is 18.5. The van der Waals surface area contributed by atoms with Crippen LogP contribution in [0, 0.1) is 11.8 Å². The van der Waals surface area contributed by atoms with Crippen LogP contribution in [0.3, 0.4) is 0 Å². The zero-order valence-electron chi connectivity index (χ0n) is 21.8. The number of carbonyl (C=O) groups excluding carboxylic acids is 1. The molecule has 2 saturated carbocycles. The van der Waals surface area contributed by atoms with Crippen molar-refractivity contribution < 1.29 is 28.9 Å². The Kier molecular flexibility index (Phi) is 7.68. The molecule has 6 heteroatoms. The van der Waals surface area contributed by atoms with Crippen LogP contribution in [0.2, 0.25) is 0 Å². The number of esters is 1. The molecular weight excluding hydrogens is 480 g/mol. The Balaban J connectivity index is 1.54. The van der Waals surface area contributed by atoms with E-state index in [1.807, 2.05) is 54.6 Å². The van der Waals surface area contributed by atoms with Crippen LogP contribution in [0.5, 0.6) is 11.5 Å². The van der Waals surface area contributed by atoms with Crippen molar-refractivity contribution in [1.29, 1.82) is 0 Å². The first kappa shape index (κ1) is 25.8. The van der Waals surface area contributed by atoms with Crippen molar-refractivity contribution in [2.45, 2.75) is 49.5 Å². The summed E-state index contributed by atoms with van der Waals surface area (Å²) in [4.78, 5) is 26.8. The van der Waals surface area contributed by atoms with E-state index in [1.54, 1.807) is 26.4 Å². The third-order valence-corrected chi connectivity index (χ3v) is 8.30. The molecule has 6 nitrogen and oxygen atoms in total. The van der Waals surface area contributed by atoms with Crippen molar-refractivity contribution >= 4 is 11.9 Å². The van der Waals surface area contributed by atoms with Crippen LogP contribution >= 0.6 is 0 Å². The summed E-state index contributed by atoms with van der Waals surface area (Å²) in [6.07, 6.45) is 3.58. The van der Waals surface area contributed by atoms with Gasteiger partial charge in [-0.3, -0.25) is 9.59 Å². The monoisotopic (exact) mass is 514 g/mol. The standard InChI is InChI=1S/C32H34O6/c1-36-24-17-9-7-15-22(24)27-29(31(33)34)28(23-16-8-10-18-25(23)37-2)30(27)32(35)38-26-19-11-6-14-21(26)20-12-4-3-5-13-20/h3-5,7-10,12-13,15-18,21,26-30H,6,11,14,19H2,1-2H3,(H,33,34)/t21-,26?,27-,28-,29-,30-/m0/s1. The number of rotatable bonds is 8. The molecule has 0 aliphatic heterocycles. The van der Waals surface area contributed by atoms with Crippen molar-refractivity contribution in [2.75, 3.05) is 14.2 Å². The molecule has 3 aromatic carbocycles. The Morgan fingerprint density at radius 2 is 1.24 bits per heavy atom. The molecule has 198 valence electrons. The van der Waals surface area contributed by atoms with Crippen molar-refractivity contribution in [2.24, 2.45) is 11.8 Å². The Hall–Kier alpha value is -3.80. The second kappa shape index (κ2) is 11.3. The van der Waals surface area contributed by atoms with Crippen LogP contribution < -0.4 is 9.47 Å². The lowest BCUT2D eigenvalue weighted by molar-refractivity contribution is -0.170. The minimum Gasteiger partial charge on any atom is -0.496 e. The molecule has 1 unspecified atom stereocenters. The lowest BCUT2D eigenvalue weighted by atomic mass is 9.52. The molecule has 4 atom stereocenters. The normalized spacial score (nSPS) is 26.6. The van der Waals surface area contributed by atoms with Gasteiger partial charge < -0.3 is 19.3 Å². The van der Waals surface area contributed by atoms with E-state index in [2.05, 4.69) is 12.1 Å². The maximum Gasteiger partial charge on any atom is 0.310 e. The first-order valence-electron chi connectivity index (χ1n) is 13.3. The van der Waals surface area contributed by atoms with Gasteiger partial charge in [-0.15, -0.1) is 0 Å². The van der Waals surface area contributed by atoms with E-state index in [0.717, 1.165) is 25.7 Å². The number of carboxylic acids is 1. The molecule has 38 heavy (non-hydrogen) atoms. The van der Waals surface area contributed by atoms with Crippen molar-refractivity contribution in [3.63, 3.8) is 0 Å². The van der Waals surface area contributed by atoms with Gasteiger partial charge in [0, 0.05) is 17.8 Å². The molecule has 1 N–H and O–H groups in total. The lowest BCUT2D eigenvalue weighted by Gasteiger charge is -2.50. The van der Waals surface area contributed by atoms with E-state index in [-0.39, 0.29) is 18.0 Å². The van der Waals surface area contributed by atoms with Crippen molar-refractivity contribution in [1.82, 2.24) is 0 Å². The summed E-state index contributed by atoms with van der Waals surface area (Å²) in [7, 11) is 3.12. The quantitative estimate of drug-likeness (QED) is 0.362. The smallest absolute Gasteiger partial charge is 0.310 e. The van der Waals surface area contributed by atoms with Gasteiger partial charge in [-0.05, 0) is 48.1 Å². The van der Waals surface area contributed by atoms with Gasteiger partial charge in [0.05, 0.1) is 26.1 Å². The Labute approximate surface area is 223 Å². The highest BCUT2D eigenvalue weighted by atomic mass is 16.5. The molecule has 5 rings (SSSR count). The fourth-order valence-electron chi connectivity index (χ4n) is 6.55. The summed E-state index contributed by atoms with van der Waals surface area (Å²) in [6.45, 7) is 0. The van der Waals surface area contributed by atoms with Crippen molar-refractivity contribution in [3.05, 3.63) is 95.6 Å². The Morgan fingerprint density at radius 1 is 0.711 bits per heavy atom. The summed E-state index contributed by atoms with van der Waals surface area (Å²) in [5.74, 6) is -2.77. The number of carbonyl (C=O) groups is 2. The number of methoxy groups -OCH3 is 2. The average Bonchev–Trinajstić information content (AvgIpc) is 2.93. The van der Waals surface area contributed by atoms with E-state index < -0.39 is 29.6 Å². The zero-order chi connectivity index (χ0) is 26.6. The molecule has 0 bridgehead atoms. The number of carboxylic acid groups (broad SMARTS) is 1. The topological polar surface area (TPSA) is 82.1 Å². The first-order valence-corrected chi connectivity index (χ1v) is 13.3. The fraction of sp³-hybridized carbons (Fsp3) is 0.375. The number of aliphatic carboxylic acids is 1. The van der Waals surface area contributed by atoms with E-state index in [9.17, 15) is 14.7 Å². The third-order valence-electron chi connectivity index (χ3n) is 8.30. The van der Waals surface area contributed by atoms with Gasteiger partial charge in [-0.2, -0.15) is 0 Å². The summed E-state index contributed by atoms with van der Waals surface area (Å²) in [6, 6.07) is 24.9. The van der Waals surface area contributed by atoms with Crippen LogP contribution in [0.4, 0.5) is 0 Å². The van der Waals surface area contributed by atoms with E-state index in [0.29, 0.717) is 22.6 Å². The molecule has 2 fully saturated rings. The lowest BCUT2D eigenvalue weighted by Crippen LogP contribution is -2.52. The number of hydrogen-bond donors (Lipinski definition) is 1. The van der Waals surface area contributed by atoms with E-state index in [1.165, 1.54) is 5.56 Å². The van der Waals surface area contributed by atoms with Crippen LogP contribution in [0.1, 0.15) is 60.1 Å². The number of benzene rings is 3. The largest absolute Gasteiger partial charge is 0.496 e. The highest BCUT2D eigenvalue weighted by Gasteiger charge is 2.60. The molecule has 0 spiro atoms. The Bertz CT molecular complexity index is 1220. The maximum absolute atomic E-state index is 14.1. The van der Waals surface area contributed by atoms with Crippen molar-refractivity contribution in [3.8, 4) is 11.5 Å². The third kappa shape index (κ3) is 4.75. The fourth-order valence-corrected chi connectivity index (χ4v) is 6.55. The molecule has 0 aromatic heterocycles. The van der Waals surface area contributed by atoms with Gasteiger partial charge >= 0.3 is 11.9 Å². The van der Waals surface area contributed by atoms with Gasteiger partial charge in [0.1, 0.15) is 17.6 Å². The Morgan fingerprint density at radius 3 is 1.79 bits per heavy atom. The van der Waals surface area contributed by atoms with E-state index >= 15 is 0 Å². The molecule has 2 aliphatic carbocycles. The summed E-state index contributed by atoms with van der Waals surface area (Å²) >= 11 is 0. The van der Waals surface area contributed by atoms with Gasteiger partial charge in [0.25, 0.3) is 0 Å². The SMILES string of the molecule is COc1ccccc1[C@H]1[C@H](C(=O)O)[C@H](c2ccccc2OC)[C@H]1C(=O)OC1CCCC[C@H]1c1ccccc1. The molecule has 0 radical (unpaired) electrons. The van der Waals surface area contributed by atoms with Gasteiger partial charge in [-0.25, -0.2) is 0 Å². The molecule has 0 heterocycles. The van der Waals surface area contributed by atoms with Gasteiger partial charge in [-0.1, -0.05) is 73.2 Å². The van der Waals surface area contributed by atoms with Gasteiger partial charge in [0.15, 0.2) is 0 Å². The van der Waals surface area contributed by atoms with Crippen LogP contribution in [0.15, 0.2) is 78.9 Å². The minimum atomic E-state index is -0.958.